The van der Waals surface area contributed by atoms with Gasteiger partial charge in [0.2, 0.25) is 0 Å². The average Bonchev–Trinajstić information content (AvgIpc) is 2.64. The number of halogens is 2. The van der Waals surface area contributed by atoms with E-state index in [1.165, 1.54) is 0 Å². The molecule has 26 heavy (non-hydrogen) atoms. The first-order valence-electron chi connectivity index (χ1n) is 7.97. The number of hydrogen-bond acceptors (Lipinski definition) is 3. The lowest BCUT2D eigenvalue weighted by atomic mass is 10.1. The summed E-state index contributed by atoms with van der Waals surface area (Å²) >= 11 is 9.51. The maximum Gasteiger partial charge on any atom is 0.349 e. The van der Waals surface area contributed by atoms with E-state index in [1.54, 1.807) is 18.2 Å². The third-order valence-corrected chi connectivity index (χ3v) is 4.79. The monoisotopic (exact) mass is 430 g/mol. The molecule has 0 fully saturated rings. The molecule has 0 aliphatic heterocycles. The van der Waals surface area contributed by atoms with Crippen LogP contribution in [0.3, 0.4) is 0 Å². The quantitative estimate of drug-likeness (QED) is 0.364. The van der Waals surface area contributed by atoms with Gasteiger partial charge in [-0.3, -0.25) is 0 Å². The second-order valence-corrected chi connectivity index (χ2v) is 6.95. The van der Waals surface area contributed by atoms with Crippen molar-refractivity contribution in [2.24, 2.45) is 0 Å². The Labute approximate surface area is 165 Å². The van der Waals surface area contributed by atoms with E-state index >= 15 is 0 Å². The van der Waals surface area contributed by atoms with Gasteiger partial charge in [-0.25, -0.2) is 4.79 Å². The highest BCUT2D eigenvalue weighted by molar-refractivity contribution is 9.10. The zero-order valence-electron chi connectivity index (χ0n) is 14.0. The molecule has 0 saturated heterocycles. The minimum absolute atomic E-state index is 0.200. The van der Waals surface area contributed by atoms with Gasteiger partial charge in [0.05, 0.1) is 4.47 Å². The SMILES string of the molecule is Cc1ccc(OC(=O)COc2ccc(-c3ccccc3)cc2Br)cc1Cl. The fourth-order valence-corrected chi connectivity index (χ4v) is 3.03. The van der Waals surface area contributed by atoms with Crippen LogP contribution in [0.4, 0.5) is 0 Å². The van der Waals surface area contributed by atoms with Gasteiger partial charge in [-0.2, -0.15) is 0 Å². The molecule has 3 rings (SSSR count). The Bertz CT molecular complexity index is 926. The van der Waals surface area contributed by atoms with E-state index in [2.05, 4.69) is 15.9 Å². The molecule has 132 valence electrons. The highest BCUT2D eigenvalue weighted by atomic mass is 79.9. The molecule has 3 aromatic rings. The van der Waals surface area contributed by atoms with E-state index in [1.807, 2.05) is 55.5 Å². The number of esters is 1. The second-order valence-electron chi connectivity index (χ2n) is 5.68. The zero-order valence-corrected chi connectivity index (χ0v) is 16.4. The number of benzene rings is 3. The smallest absolute Gasteiger partial charge is 0.349 e. The van der Waals surface area contributed by atoms with E-state index in [4.69, 9.17) is 21.1 Å². The third-order valence-electron chi connectivity index (χ3n) is 3.76. The second kappa shape index (κ2) is 8.39. The Morgan fingerprint density at radius 3 is 2.46 bits per heavy atom. The highest BCUT2D eigenvalue weighted by Crippen LogP contribution is 2.30. The number of rotatable bonds is 5. The van der Waals surface area contributed by atoms with Crippen LogP contribution in [0.1, 0.15) is 5.56 Å². The van der Waals surface area contributed by atoms with Crippen LogP contribution in [0.25, 0.3) is 11.1 Å². The Morgan fingerprint density at radius 1 is 1.00 bits per heavy atom. The molecule has 0 saturated carbocycles. The van der Waals surface area contributed by atoms with Gasteiger partial charge in [0.25, 0.3) is 0 Å². The maximum absolute atomic E-state index is 12.0. The number of ether oxygens (including phenoxy) is 2. The third kappa shape index (κ3) is 4.65. The van der Waals surface area contributed by atoms with Crippen LogP contribution in [-0.4, -0.2) is 12.6 Å². The van der Waals surface area contributed by atoms with Crippen molar-refractivity contribution in [2.45, 2.75) is 6.92 Å². The van der Waals surface area contributed by atoms with Crippen LogP contribution < -0.4 is 9.47 Å². The van der Waals surface area contributed by atoms with Crippen molar-refractivity contribution in [3.8, 4) is 22.6 Å². The molecule has 0 bridgehead atoms. The summed E-state index contributed by atoms with van der Waals surface area (Å²) in [4.78, 5) is 12.0. The van der Waals surface area contributed by atoms with E-state index < -0.39 is 5.97 Å². The fourth-order valence-electron chi connectivity index (χ4n) is 2.36. The average molecular weight is 432 g/mol. The first-order chi connectivity index (χ1) is 12.5. The molecule has 0 spiro atoms. The van der Waals surface area contributed by atoms with Crippen LogP contribution in [0.2, 0.25) is 5.02 Å². The van der Waals surface area contributed by atoms with Crippen molar-refractivity contribution in [1.82, 2.24) is 0 Å². The molecule has 0 radical (unpaired) electrons. The summed E-state index contributed by atoms with van der Waals surface area (Å²) in [6.07, 6.45) is 0. The van der Waals surface area contributed by atoms with Crippen molar-refractivity contribution >= 4 is 33.5 Å². The van der Waals surface area contributed by atoms with E-state index in [0.29, 0.717) is 16.5 Å². The van der Waals surface area contributed by atoms with Crippen molar-refractivity contribution in [2.75, 3.05) is 6.61 Å². The summed E-state index contributed by atoms with van der Waals surface area (Å²) in [5.41, 5.74) is 3.09. The Balaban J connectivity index is 1.62. The lowest BCUT2D eigenvalue weighted by Crippen LogP contribution is -2.17. The van der Waals surface area contributed by atoms with Crippen molar-refractivity contribution in [3.63, 3.8) is 0 Å². The van der Waals surface area contributed by atoms with Crippen molar-refractivity contribution < 1.29 is 14.3 Å². The molecule has 0 aromatic heterocycles. The fraction of sp³-hybridized carbons (Fsp3) is 0.0952. The number of aryl methyl sites for hydroxylation is 1. The molecule has 0 N–H and O–H groups in total. The van der Waals surface area contributed by atoms with Crippen molar-refractivity contribution in [3.05, 3.63) is 81.8 Å². The van der Waals surface area contributed by atoms with Gasteiger partial charge in [-0.15, -0.1) is 0 Å². The highest BCUT2D eigenvalue weighted by Gasteiger charge is 2.10. The summed E-state index contributed by atoms with van der Waals surface area (Å²) in [5.74, 6) is 0.472. The standard InChI is InChI=1S/C21H16BrClO3/c1-14-7-9-17(12-19(14)23)26-21(24)13-25-20-10-8-16(11-18(20)22)15-5-3-2-4-6-15/h2-12H,13H2,1H3. The van der Waals surface area contributed by atoms with Crippen LogP contribution >= 0.6 is 27.5 Å². The van der Waals surface area contributed by atoms with Gasteiger partial charge in [0.1, 0.15) is 11.5 Å². The first-order valence-corrected chi connectivity index (χ1v) is 9.14. The summed E-state index contributed by atoms with van der Waals surface area (Å²) in [6.45, 7) is 1.68. The Hall–Kier alpha value is -2.30. The number of carbonyl (C=O) groups excluding carboxylic acids is 1. The van der Waals surface area contributed by atoms with Gasteiger partial charge in [0.15, 0.2) is 6.61 Å². The molecule has 0 atom stereocenters. The Kier molecular flexibility index (Phi) is 5.96. The lowest BCUT2D eigenvalue weighted by Gasteiger charge is -2.10. The van der Waals surface area contributed by atoms with Gasteiger partial charge in [-0.05, 0) is 63.8 Å². The van der Waals surface area contributed by atoms with Gasteiger partial charge in [-0.1, -0.05) is 54.1 Å². The predicted molar refractivity (Wildman–Crippen MR) is 107 cm³/mol. The lowest BCUT2D eigenvalue weighted by molar-refractivity contribution is -0.136. The predicted octanol–water partition coefficient (Wildman–Crippen LogP) is 6.06. The van der Waals surface area contributed by atoms with Gasteiger partial charge >= 0.3 is 5.97 Å². The van der Waals surface area contributed by atoms with Crippen LogP contribution in [0.15, 0.2) is 71.2 Å². The van der Waals surface area contributed by atoms with Gasteiger partial charge < -0.3 is 9.47 Å². The first kappa shape index (κ1) is 18.5. The summed E-state index contributed by atoms with van der Waals surface area (Å²) in [7, 11) is 0. The Morgan fingerprint density at radius 2 is 1.77 bits per heavy atom. The molecule has 0 unspecified atom stereocenters. The normalized spacial score (nSPS) is 10.4. The summed E-state index contributed by atoms with van der Waals surface area (Å²) in [5, 5.41) is 0.551. The number of hydrogen-bond donors (Lipinski definition) is 0. The minimum atomic E-state index is -0.496. The minimum Gasteiger partial charge on any atom is -0.481 e. The van der Waals surface area contributed by atoms with Crippen molar-refractivity contribution in [1.29, 1.82) is 0 Å². The molecular weight excluding hydrogens is 416 g/mol. The van der Waals surface area contributed by atoms with Crippen LogP contribution in [-0.2, 0) is 4.79 Å². The van der Waals surface area contributed by atoms with Crippen LogP contribution in [0.5, 0.6) is 11.5 Å². The molecule has 0 heterocycles. The molecule has 0 aliphatic carbocycles. The van der Waals surface area contributed by atoms with E-state index in [0.717, 1.165) is 21.2 Å². The molecule has 0 aliphatic rings. The maximum atomic E-state index is 12.0. The topological polar surface area (TPSA) is 35.5 Å². The number of carbonyl (C=O) groups is 1. The van der Waals surface area contributed by atoms with E-state index in [-0.39, 0.29) is 6.61 Å². The molecule has 3 nitrogen and oxygen atoms in total. The summed E-state index contributed by atoms with van der Waals surface area (Å²) in [6, 6.07) is 20.8. The van der Waals surface area contributed by atoms with Crippen LogP contribution in [0, 0.1) is 6.92 Å². The molecule has 5 heteroatoms. The molecular formula is C21H16BrClO3. The summed E-state index contributed by atoms with van der Waals surface area (Å²) < 4.78 is 11.6. The molecule has 3 aromatic carbocycles. The zero-order chi connectivity index (χ0) is 18.5. The van der Waals surface area contributed by atoms with Gasteiger partial charge in [0, 0.05) is 5.02 Å². The largest absolute Gasteiger partial charge is 0.481 e. The molecule has 0 amide bonds. The van der Waals surface area contributed by atoms with E-state index in [9.17, 15) is 4.79 Å².